The summed E-state index contributed by atoms with van der Waals surface area (Å²) in [4.78, 5) is 37.2. The highest BCUT2D eigenvalue weighted by atomic mass is 16.6. The fraction of sp³-hybridized carbons (Fsp3) is 0.421. The Morgan fingerprint density at radius 1 is 1.37 bits per heavy atom. The standard InChI is InChI=1S/C19H22N2O6/c1-2-26-18(24)21-9-7-19(8-10-21)12-15(22)14-5-3-13(11-16(14)27-19)4-6-17(23)20-25/h3-6,11,25H,2,7-10,12H2,1H3,(H,20,23)/b6-4+. The van der Waals surface area contributed by atoms with Crippen molar-refractivity contribution in [3.05, 3.63) is 35.4 Å². The molecule has 1 aromatic rings. The van der Waals surface area contributed by atoms with Crippen molar-refractivity contribution < 1.29 is 29.1 Å². The minimum Gasteiger partial charge on any atom is -0.486 e. The molecule has 2 aliphatic heterocycles. The zero-order chi connectivity index (χ0) is 19.4. The van der Waals surface area contributed by atoms with Gasteiger partial charge in [-0.1, -0.05) is 6.07 Å². The van der Waals surface area contributed by atoms with E-state index in [2.05, 4.69) is 0 Å². The zero-order valence-electron chi connectivity index (χ0n) is 15.1. The van der Waals surface area contributed by atoms with Gasteiger partial charge in [-0.15, -0.1) is 0 Å². The molecule has 144 valence electrons. The second kappa shape index (κ2) is 7.79. The van der Waals surface area contributed by atoms with Gasteiger partial charge in [0.2, 0.25) is 0 Å². The number of ether oxygens (including phenoxy) is 2. The van der Waals surface area contributed by atoms with E-state index in [1.165, 1.54) is 17.6 Å². The van der Waals surface area contributed by atoms with Gasteiger partial charge in [0.25, 0.3) is 5.91 Å². The number of piperidine rings is 1. The van der Waals surface area contributed by atoms with Gasteiger partial charge in [-0.2, -0.15) is 0 Å². The third-order valence-corrected chi connectivity index (χ3v) is 4.85. The summed E-state index contributed by atoms with van der Waals surface area (Å²) < 4.78 is 11.2. The highest BCUT2D eigenvalue weighted by molar-refractivity contribution is 6.01. The summed E-state index contributed by atoms with van der Waals surface area (Å²) in [6.45, 7) is 3.03. The lowest BCUT2D eigenvalue weighted by atomic mass is 9.82. The first-order valence-electron chi connectivity index (χ1n) is 8.86. The number of hydrogen-bond donors (Lipinski definition) is 2. The normalized spacial score (nSPS) is 18.1. The van der Waals surface area contributed by atoms with E-state index < -0.39 is 11.5 Å². The van der Waals surface area contributed by atoms with Crippen LogP contribution in [0.1, 0.15) is 42.1 Å². The molecule has 1 saturated heterocycles. The fourth-order valence-corrected chi connectivity index (χ4v) is 3.41. The Bertz CT molecular complexity index is 780. The number of likely N-dealkylation sites (tertiary alicyclic amines) is 1. The predicted molar refractivity (Wildman–Crippen MR) is 95.5 cm³/mol. The maximum atomic E-state index is 12.6. The summed E-state index contributed by atoms with van der Waals surface area (Å²) in [5, 5.41) is 8.54. The molecular formula is C19H22N2O6. The van der Waals surface area contributed by atoms with E-state index >= 15 is 0 Å². The second-order valence-corrected chi connectivity index (χ2v) is 6.64. The zero-order valence-corrected chi connectivity index (χ0v) is 15.1. The molecule has 0 unspecified atom stereocenters. The van der Waals surface area contributed by atoms with E-state index in [4.69, 9.17) is 14.7 Å². The van der Waals surface area contributed by atoms with Crippen molar-refractivity contribution in [3.63, 3.8) is 0 Å². The molecule has 0 atom stereocenters. The van der Waals surface area contributed by atoms with Gasteiger partial charge >= 0.3 is 6.09 Å². The highest BCUT2D eigenvalue weighted by Crippen LogP contribution is 2.40. The van der Waals surface area contributed by atoms with Crippen molar-refractivity contribution >= 4 is 23.9 Å². The largest absolute Gasteiger partial charge is 0.486 e. The van der Waals surface area contributed by atoms with Gasteiger partial charge < -0.3 is 14.4 Å². The maximum Gasteiger partial charge on any atom is 0.409 e. The third-order valence-electron chi connectivity index (χ3n) is 4.85. The quantitative estimate of drug-likeness (QED) is 0.477. The summed E-state index contributed by atoms with van der Waals surface area (Å²) in [5.74, 6) is -0.167. The van der Waals surface area contributed by atoms with Gasteiger partial charge in [-0.05, 0) is 30.7 Å². The molecule has 0 bridgehead atoms. The number of rotatable bonds is 3. The Kier molecular flexibility index (Phi) is 5.46. The number of ketones is 1. The van der Waals surface area contributed by atoms with E-state index in [0.717, 1.165) is 0 Å². The molecule has 0 aromatic heterocycles. The Hall–Kier alpha value is -2.87. The molecule has 27 heavy (non-hydrogen) atoms. The minimum atomic E-state index is -0.646. The number of nitrogens with one attached hydrogen (secondary N) is 1. The number of amides is 2. The number of carbonyl (C=O) groups excluding carboxylic acids is 3. The van der Waals surface area contributed by atoms with Gasteiger partial charge in [0, 0.05) is 32.0 Å². The first-order valence-corrected chi connectivity index (χ1v) is 8.86. The molecule has 1 spiro atoms. The average Bonchev–Trinajstić information content (AvgIpc) is 2.66. The van der Waals surface area contributed by atoms with Gasteiger partial charge in [-0.3, -0.25) is 14.8 Å². The van der Waals surface area contributed by atoms with Gasteiger partial charge in [0.1, 0.15) is 11.4 Å². The van der Waals surface area contributed by atoms with Crippen LogP contribution < -0.4 is 10.2 Å². The van der Waals surface area contributed by atoms with Crippen LogP contribution in [0.5, 0.6) is 5.75 Å². The SMILES string of the molecule is CCOC(=O)N1CCC2(CC1)CC(=O)c1ccc(/C=C/C(=O)NO)cc1O2. The van der Waals surface area contributed by atoms with Crippen molar-refractivity contribution in [2.24, 2.45) is 0 Å². The average molecular weight is 374 g/mol. The number of hydroxylamine groups is 1. The van der Waals surface area contributed by atoms with Crippen LogP contribution in [-0.2, 0) is 9.53 Å². The van der Waals surface area contributed by atoms with Gasteiger partial charge in [-0.25, -0.2) is 10.3 Å². The topological polar surface area (TPSA) is 105 Å². The molecule has 2 heterocycles. The number of nitrogens with zero attached hydrogens (tertiary/aromatic N) is 1. The maximum absolute atomic E-state index is 12.6. The van der Waals surface area contributed by atoms with Crippen LogP contribution in [0.4, 0.5) is 4.79 Å². The third kappa shape index (κ3) is 4.11. The number of carbonyl (C=O) groups is 3. The number of hydrogen-bond acceptors (Lipinski definition) is 6. The van der Waals surface area contributed by atoms with Crippen LogP contribution in [0.25, 0.3) is 6.08 Å². The summed E-state index contributed by atoms with van der Waals surface area (Å²) in [6, 6.07) is 5.09. The van der Waals surface area contributed by atoms with Crippen LogP contribution in [0, 0.1) is 0 Å². The smallest absolute Gasteiger partial charge is 0.409 e. The van der Waals surface area contributed by atoms with E-state index in [1.807, 2.05) is 0 Å². The molecule has 2 aliphatic rings. The first kappa shape index (κ1) is 18.9. The molecule has 0 radical (unpaired) electrons. The fourth-order valence-electron chi connectivity index (χ4n) is 3.41. The van der Waals surface area contributed by atoms with Crippen LogP contribution >= 0.6 is 0 Å². The lowest BCUT2D eigenvalue weighted by molar-refractivity contribution is -0.124. The Balaban J connectivity index is 1.75. The second-order valence-electron chi connectivity index (χ2n) is 6.64. The van der Waals surface area contributed by atoms with Gasteiger partial charge in [0.05, 0.1) is 18.6 Å². The van der Waals surface area contributed by atoms with Crippen molar-refractivity contribution in [1.29, 1.82) is 0 Å². The molecule has 2 N–H and O–H groups in total. The van der Waals surface area contributed by atoms with Gasteiger partial charge in [0.15, 0.2) is 5.78 Å². The molecule has 0 aliphatic carbocycles. The molecule has 1 aromatic carbocycles. The monoisotopic (exact) mass is 374 g/mol. The molecular weight excluding hydrogens is 352 g/mol. The lowest BCUT2D eigenvalue weighted by Crippen LogP contribution is -2.52. The lowest BCUT2D eigenvalue weighted by Gasteiger charge is -2.43. The molecule has 2 amide bonds. The molecule has 8 nitrogen and oxygen atoms in total. The Labute approximate surface area is 156 Å². The van der Waals surface area contributed by atoms with Crippen LogP contribution in [0.3, 0.4) is 0 Å². The van der Waals surface area contributed by atoms with E-state index in [1.54, 1.807) is 30.0 Å². The summed E-state index contributed by atoms with van der Waals surface area (Å²) in [5.41, 5.74) is 2.08. The minimum absolute atomic E-state index is 0.00413. The van der Waals surface area contributed by atoms with E-state index in [-0.39, 0.29) is 18.3 Å². The number of benzene rings is 1. The van der Waals surface area contributed by atoms with Crippen molar-refractivity contribution in [2.45, 2.75) is 31.8 Å². The Morgan fingerprint density at radius 3 is 2.78 bits per heavy atom. The molecule has 0 saturated carbocycles. The summed E-state index contributed by atoms with van der Waals surface area (Å²) in [7, 11) is 0. The van der Waals surface area contributed by atoms with E-state index in [9.17, 15) is 14.4 Å². The predicted octanol–water partition coefficient (Wildman–Crippen LogP) is 2.16. The first-order chi connectivity index (χ1) is 13.0. The number of fused-ring (bicyclic) bond motifs is 1. The summed E-state index contributed by atoms with van der Waals surface area (Å²) >= 11 is 0. The van der Waals surface area contributed by atoms with Crippen molar-refractivity contribution in [2.75, 3.05) is 19.7 Å². The van der Waals surface area contributed by atoms with E-state index in [0.29, 0.717) is 49.4 Å². The Morgan fingerprint density at radius 2 is 2.11 bits per heavy atom. The van der Waals surface area contributed by atoms with Crippen molar-refractivity contribution in [3.8, 4) is 5.75 Å². The number of Topliss-reactive ketones (excluding diaryl/α,β-unsaturated/α-hetero) is 1. The van der Waals surface area contributed by atoms with Crippen molar-refractivity contribution in [1.82, 2.24) is 10.4 Å². The van der Waals surface area contributed by atoms with Crippen LogP contribution in [0.15, 0.2) is 24.3 Å². The van der Waals surface area contributed by atoms with Crippen LogP contribution in [-0.4, -0.2) is 53.2 Å². The van der Waals surface area contributed by atoms with Crippen LogP contribution in [0.2, 0.25) is 0 Å². The molecule has 1 fully saturated rings. The highest BCUT2D eigenvalue weighted by Gasteiger charge is 2.43. The molecule has 8 heteroatoms. The summed E-state index contributed by atoms with van der Waals surface area (Å²) in [6.07, 6.45) is 3.72. The molecule has 3 rings (SSSR count).